The number of carbonyl (C=O) groups excluding carboxylic acids is 4. The predicted molar refractivity (Wildman–Crippen MR) is 259 cm³/mol. The van der Waals surface area contributed by atoms with Gasteiger partial charge in [-0.1, -0.05) is 11.6 Å². The highest BCUT2D eigenvalue weighted by molar-refractivity contribution is 6.30. The van der Waals surface area contributed by atoms with Crippen LogP contribution in [0.2, 0.25) is 5.02 Å². The standard InChI is InChI=1S/C50H60ClFN10O7/c1-49(2,3)69-41(63)13-12-39(45(54)64)62-29-33-26-35(9-11-36(33)47(62)66)68-25-7-6-24-67-23-5-4-19-59-30-50(31-59)15-20-60(21-16-50)48-58-42(43-44(53)56-18-22-61(43)48)37-10-8-32(27-38(37)52)46(65)57-40-28-34(51)14-17-55-40/h8-11,14,17-18,22,26-28,39H,4-7,12-13,15-16,19-21,23-25,29-31H2,1-3H3,(H2,53,56)(H2,54,64)(H,55,57,65). The SMILES string of the molecule is CC(C)(C)OC(=O)CCC(C(N)=O)N1Cc2cc(OCCCCOCCCCN3CC4(CCN(c5nc(-c6ccc(C(=O)Nc7cc(Cl)ccn7)cc6F)c6c(N)nccn56)CC4)C3)ccc2C1=O. The van der Waals surface area contributed by atoms with Gasteiger partial charge in [-0.15, -0.1) is 0 Å². The minimum Gasteiger partial charge on any atom is -0.494 e. The number of hydrogen-bond acceptors (Lipinski definition) is 13. The maximum atomic E-state index is 15.8. The molecule has 3 aliphatic heterocycles. The zero-order valence-corrected chi connectivity index (χ0v) is 40.1. The lowest BCUT2D eigenvalue weighted by molar-refractivity contribution is -0.155. The molecule has 17 nitrogen and oxygen atoms in total. The molecule has 1 unspecified atom stereocenters. The minimum atomic E-state index is -0.925. The largest absolute Gasteiger partial charge is 0.494 e. The van der Waals surface area contributed by atoms with Crippen molar-refractivity contribution in [2.45, 2.75) is 90.3 Å². The first-order chi connectivity index (χ1) is 33.1. The summed E-state index contributed by atoms with van der Waals surface area (Å²) < 4.78 is 34.9. The van der Waals surface area contributed by atoms with Crippen molar-refractivity contribution in [3.63, 3.8) is 0 Å². The number of esters is 1. The second-order valence-electron chi connectivity index (χ2n) is 19.2. The van der Waals surface area contributed by atoms with Crippen molar-refractivity contribution >= 4 is 58.4 Å². The van der Waals surface area contributed by atoms with Crippen LogP contribution in [0.25, 0.3) is 16.8 Å². The average Bonchev–Trinajstić information content (AvgIpc) is 3.83. The molecule has 1 spiro atoms. The summed E-state index contributed by atoms with van der Waals surface area (Å²) in [7, 11) is 0. The van der Waals surface area contributed by atoms with E-state index in [2.05, 4.69) is 25.1 Å². The van der Waals surface area contributed by atoms with Gasteiger partial charge in [-0.05, 0) is 132 Å². The minimum absolute atomic E-state index is 0.0288. The Hall–Kier alpha value is -6.37. The Morgan fingerprint density at radius 2 is 1.68 bits per heavy atom. The van der Waals surface area contributed by atoms with Gasteiger partial charge in [0.15, 0.2) is 0 Å². The second kappa shape index (κ2) is 21.1. The van der Waals surface area contributed by atoms with E-state index in [0.717, 1.165) is 76.8 Å². The number of rotatable bonds is 20. The number of anilines is 3. The van der Waals surface area contributed by atoms with E-state index in [1.54, 1.807) is 57.4 Å². The van der Waals surface area contributed by atoms with Crippen LogP contribution < -0.4 is 26.4 Å². The van der Waals surface area contributed by atoms with E-state index in [1.165, 1.54) is 29.3 Å². The van der Waals surface area contributed by atoms with Crippen LogP contribution >= 0.6 is 11.6 Å². The predicted octanol–water partition coefficient (Wildman–Crippen LogP) is 6.91. The fraction of sp³-hybridized carbons (Fsp3) is 0.460. The van der Waals surface area contributed by atoms with E-state index in [-0.39, 0.29) is 53.5 Å². The summed E-state index contributed by atoms with van der Waals surface area (Å²) in [6.07, 6.45) is 10.7. The quantitative estimate of drug-likeness (QED) is 0.0535. The van der Waals surface area contributed by atoms with Crippen LogP contribution in [0.5, 0.6) is 5.75 Å². The number of pyridine rings is 1. The van der Waals surface area contributed by atoms with Crippen molar-refractivity contribution in [2.24, 2.45) is 11.1 Å². The average molecular weight is 968 g/mol. The second-order valence-corrected chi connectivity index (χ2v) is 19.6. The number of likely N-dealkylation sites (tertiary alicyclic amines) is 1. The Morgan fingerprint density at radius 3 is 2.41 bits per heavy atom. The summed E-state index contributed by atoms with van der Waals surface area (Å²) in [5.41, 5.74) is 14.1. The number of unbranched alkanes of at least 4 members (excludes halogenated alkanes) is 2. The number of primary amides is 1. The van der Waals surface area contributed by atoms with E-state index in [4.69, 9.17) is 42.3 Å². The molecular weight excluding hydrogens is 907 g/mol. The Morgan fingerprint density at radius 1 is 0.942 bits per heavy atom. The Labute approximate surface area is 405 Å². The van der Waals surface area contributed by atoms with Crippen molar-refractivity contribution in [1.82, 2.24) is 29.2 Å². The van der Waals surface area contributed by atoms with Gasteiger partial charge in [0.2, 0.25) is 11.9 Å². The normalized spacial score (nSPS) is 16.1. The van der Waals surface area contributed by atoms with Gasteiger partial charge in [0.05, 0.1) is 6.61 Å². The molecular formula is C50H60ClFN10O7. The van der Waals surface area contributed by atoms with E-state index in [9.17, 15) is 19.2 Å². The number of imidazole rings is 1. The number of amides is 3. The first-order valence-corrected chi connectivity index (χ1v) is 23.9. The highest BCUT2D eigenvalue weighted by Crippen LogP contribution is 2.42. The van der Waals surface area contributed by atoms with Crippen LogP contribution in [0.15, 0.2) is 67.1 Å². The van der Waals surface area contributed by atoms with Crippen LogP contribution in [-0.4, -0.2) is 117 Å². The molecule has 0 aliphatic carbocycles. The van der Waals surface area contributed by atoms with Crippen LogP contribution in [0.1, 0.15) is 98.4 Å². The maximum absolute atomic E-state index is 15.8. The summed E-state index contributed by atoms with van der Waals surface area (Å²) in [6, 6.07) is 11.7. The number of nitrogens with zero attached hydrogens (tertiary/aromatic N) is 7. The molecule has 3 aliphatic rings. The molecule has 2 fully saturated rings. The molecule has 19 heteroatoms. The number of halogens is 2. The lowest BCUT2D eigenvalue weighted by atomic mass is 9.72. The topological polar surface area (TPSA) is 213 Å². The summed E-state index contributed by atoms with van der Waals surface area (Å²) in [4.78, 5) is 70.1. The zero-order valence-electron chi connectivity index (χ0n) is 39.3. The zero-order chi connectivity index (χ0) is 48.9. The van der Waals surface area contributed by atoms with Gasteiger partial charge >= 0.3 is 5.97 Å². The molecule has 2 saturated heterocycles. The summed E-state index contributed by atoms with van der Waals surface area (Å²) in [5, 5.41) is 3.06. The molecule has 6 heterocycles. The Kier molecular flexibility index (Phi) is 15.0. The number of carbonyl (C=O) groups is 4. The monoisotopic (exact) mass is 966 g/mol. The first-order valence-electron chi connectivity index (χ1n) is 23.5. The number of aromatic nitrogens is 4. The summed E-state index contributed by atoms with van der Waals surface area (Å²) in [6.45, 7) is 12.1. The number of fused-ring (bicyclic) bond motifs is 2. The molecule has 1 atom stereocenters. The lowest BCUT2D eigenvalue weighted by Gasteiger charge is -2.54. The molecule has 3 amide bonds. The molecule has 69 heavy (non-hydrogen) atoms. The summed E-state index contributed by atoms with van der Waals surface area (Å²) >= 11 is 6.02. The van der Waals surface area contributed by atoms with Crippen LogP contribution in [0.3, 0.4) is 0 Å². The number of hydrogen-bond donors (Lipinski definition) is 3. The van der Waals surface area contributed by atoms with Crippen molar-refractivity contribution in [3.8, 4) is 17.0 Å². The van der Waals surface area contributed by atoms with Crippen molar-refractivity contribution < 1.29 is 37.8 Å². The Bertz CT molecular complexity index is 2690. The van der Waals surface area contributed by atoms with Gasteiger partial charge < -0.3 is 45.7 Å². The van der Waals surface area contributed by atoms with Gasteiger partial charge in [0.25, 0.3) is 11.8 Å². The van der Waals surface area contributed by atoms with E-state index >= 15 is 4.39 Å². The number of nitrogens with one attached hydrogen (secondary N) is 1. The number of nitrogens with two attached hydrogens (primary N) is 2. The molecule has 5 N–H and O–H groups in total. The smallest absolute Gasteiger partial charge is 0.306 e. The van der Waals surface area contributed by atoms with Crippen LogP contribution in [0.4, 0.5) is 22.0 Å². The third-order valence-electron chi connectivity index (χ3n) is 12.9. The maximum Gasteiger partial charge on any atom is 0.306 e. The van der Waals surface area contributed by atoms with Crippen molar-refractivity contribution in [1.29, 1.82) is 0 Å². The number of ether oxygens (including phenoxy) is 3. The highest BCUT2D eigenvalue weighted by Gasteiger charge is 2.45. The fourth-order valence-electron chi connectivity index (χ4n) is 9.42. The molecule has 5 aromatic rings. The van der Waals surface area contributed by atoms with Gasteiger partial charge in [0, 0.05) is 92.7 Å². The van der Waals surface area contributed by atoms with Crippen LogP contribution in [-0.2, 0) is 25.6 Å². The molecule has 8 rings (SSSR count). The Balaban J connectivity index is 0.716. The molecule has 0 bridgehead atoms. The first kappa shape index (κ1) is 49.1. The third-order valence-corrected chi connectivity index (χ3v) is 13.1. The van der Waals surface area contributed by atoms with Gasteiger partial charge in [-0.2, -0.15) is 0 Å². The van der Waals surface area contributed by atoms with E-state index in [1.807, 2.05) is 10.5 Å². The molecule has 0 saturated carbocycles. The fourth-order valence-corrected chi connectivity index (χ4v) is 9.58. The lowest BCUT2D eigenvalue weighted by Crippen LogP contribution is -2.60. The third kappa shape index (κ3) is 11.7. The number of nitrogen functional groups attached to an aromatic ring is 1. The summed E-state index contributed by atoms with van der Waals surface area (Å²) in [5.74, 6) is -0.731. The van der Waals surface area contributed by atoms with Crippen molar-refractivity contribution in [2.75, 3.05) is 68.5 Å². The number of benzene rings is 2. The van der Waals surface area contributed by atoms with E-state index in [0.29, 0.717) is 53.3 Å². The van der Waals surface area contributed by atoms with Crippen LogP contribution in [0, 0.1) is 11.2 Å². The van der Waals surface area contributed by atoms with Crippen molar-refractivity contribution in [3.05, 3.63) is 94.7 Å². The van der Waals surface area contributed by atoms with E-state index < -0.39 is 35.2 Å². The molecule has 0 radical (unpaired) electrons. The molecule has 2 aromatic carbocycles. The van der Waals surface area contributed by atoms with Gasteiger partial charge in [0.1, 0.15) is 46.1 Å². The van der Waals surface area contributed by atoms with Gasteiger partial charge in [-0.25, -0.2) is 19.3 Å². The number of piperidine rings is 1. The molecule has 3 aromatic heterocycles. The molecule has 366 valence electrons. The van der Waals surface area contributed by atoms with Gasteiger partial charge in [-0.3, -0.25) is 23.6 Å². The highest BCUT2D eigenvalue weighted by atomic mass is 35.5.